The minimum Gasteiger partial charge on any atom is -0.399 e. The Kier molecular flexibility index (Phi) is 4.42. The quantitative estimate of drug-likeness (QED) is 0.845. The van der Waals surface area contributed by atoms with Gasteiger partial charge < -0.3 is 16.0 Å². The van der Waals surface area contributed by atoms with Crippen LogP contribution in [0, 0.1) is 0 Å². The lowest BCUT2D eigenvalue weighted by molar-refractivity contribution is 0.0940. The molecule has 21 heavy (non-hydrogen) atoms. The van der Waals surface area contributed by atoms with Crippen LogP contribution in [0.1, 0.15) is 28.9 Å². The molecule has 0 radical (unpaired) electrons. The van der Waals surface area contributed by atoms with Crippen LogP contribution < -0.4 is 16.0 Å². The summed E-state index contributed by atoms with van der Waals surface area (Å²) in [6, 6.07) is 8.99. The molecule has 5 heteroatoms. The third-order valence-corrected chi connectivity index (χ3v) is 3.28. The first-order valence-electron chi connectivity index (χ1n) is 6.76. The Morgan fingerprint density at radius 3 is 2.71 bits per heavy atom. The zero-order chi connectivity index (χ0) is 15.4. The third-order valence-electron chi connectivity index (χ3n) is 3.28. The zero-order valence-electron chi connectivity index (χ0n) is 12.5. The van der Waals surface area contributed by atoms with Crippen LogP contribution in [-0.2, 0) is 0 Å². The van der Waals surface area contributed by atoms with E-state index in [1.165, 1.54) is 0 Å². The average molecular weight is 284 g/mol. The fourth-order valence-corrected chi connectivity index (χ4v) is 2.12. The summed E-state index contributed by atoms with van der Waals surface area (Å²) in [7, 11) is 3.79. The van der Waals surface area contributed by atoms with Crippen molar-refractivity contribution < 1.29 is 4.79 Å². The van der Waals surface area contributed by atoms with Gasteiger partial charge in [0.2, 0.25) is 0 Å². The molecule has 0 fully saturated rings. The van der Waals surface area contributed by atoms with Crippen molar-refractivity contribution in [3.63, 3.8) is 0 Å². The molecule has 110 valence electrons. The second kappa shape index (κ2) is 6.26. The summed E-state index contributed by atoms with van der Waals surface area (Å²) in [6.45, 7) is 1.93. The van der Waals surface area contributed by atoms with Gasteiger partial charge >= 0.3 is 0 Å². The molecule has 0 aliphatic carbocycles. The fourth-order valence-electron chi connectivity index (χ4n) is 2.12. The number of carbonyl (C=O) groups excluding carboxylic acids is 1. The maximum absolute atomic E-state index is 12.5. The van der Waals surface area contributed by atoms with E-state index in [1.54, 1.807) is 24.5 Å². The van der Waals surface area contributed by atoms with Gasteiger partial charge in [-0.15, -0.1) is 0 Å². The van der Waals surface area contributed by atoms with Gasteiger partial charge in [0, 0.05) is 37.9 Å². The van der Waals surface area contributed by atoms with E-state index in [0.717, 1.165) is 11.3 Å². The first-order chi connectivity index (χ1) is 9.99. The Balaban J connectivity index is 2.23. The molecule has 1 aromatic carbocycles. The number of nitrogens with zero attached hydrogens (tertiary/aromatic N) is 2. The minimum absolute atomic E-state index is 0.123. The molecule has 0 bridgehead atoms. The molecule has 0 saturated carbocycles. The number of anilines is 2. The molecule has 0 spiro atoms. The summed E-state index contributed by atoms with van der Waals surface area (Å²) in [6.07, 6.45) is 3.46. The summed E-state index contributed by atoms with van der Waals surface area (Å²) >= 11 is 0. The maximum atomic E-state index is 12.5. The lowest BCUT2D eigenvalue weighted by Gasteiger charge is -2.19. The van der Waals surface area contributed by atoms with Crippen LogP contribution in [0.15, 0.2) is 42.7 Å². The molecule has 1 unspecified atom stereocenters. The van der Waals surface area contributed by atoms with Gasteiger partial charge in [0.15, 0.2) is 0 Å². The Labute approximate surface area is 124 Å². The Morgan fingerprint density at radius 1 is 1.33 bits per heavy atom. The molecule has 1 heterocycles. The van der Waals surface area contributed by atoms with Gasteiger partial charge in [0.05, 0.1) is 11.6 Å². The Morgan fingerprint density at radius 2 is 2.10 bits per heavy atom. The van der Waals surface area contributed by atoms with Crippen LogP contribution in [-0.4, -0.2) is 25.0 Å². The highest BCUT2D eigenvalue weighted by Gasteiger charge is 2.16. The summed E-state index contributed by atoms with van der Waals surface area (Å²) in [5, 5.41) is 2.97. The van der Waals surface area contributed by atoms with Crippen LogP contribution in [0.4, 0.5) is 11.4 Å². The molecule has 2 rings (SSSR count). The molecule has 0 saturated heterocycles. The van der Waals surface area contributed by atoms with Gasteiger partial charge in [-0.25, -0.2) is 0 Å². The van der Waals surface area contributed by atoms with Crippen molar-refractivity contribution in [2.45, 2.75) is 13.0 Å². The van der Waals surface area contributed by atoms with Gasteiger partial charge in [0.25, 0.3) is 5.91 Å². The molecule has 0 aliphatic heterocycles. The van der Waals surface area contributed by atoms with Crippen molar-refractivity contribution in [3.05, 3.63) is 53.9 Å². The van der Waals surface area contributed by atoms with E-state index in [9.17, 15) is 4.79 Å². The number of benzene rings is 1. The van der Waals surface area contributed by atoms with Crippen molar-refractivity contribution >= 4 is 17.3 Å². The van der Waals surface area contributed by atoms with Crippen LogP contribution in [0.3, 0.4) is 0 Å². The largest absolute Gasteiger partial charge is 0.399 e. The molecule has 3 N–H and O–H groups in total. The molecule has 1 amide bonds. The number of hydrogen-bond acceptors (Lipinski definition) is 4. The van der Waals surface area contributed by atoms with Gasteiger partial charge in [0.1, 0.15) is 0 Å². The highest BCUT2D eigenvalue weighted by atomic mass is 16.1. The number of nitrogens with one attached hydrogen (secondary N) is 1. The number of amides is 1. The molecule has 2 aromatic rings. The predicted octanol–water partition coefficient (Wildman–Crippen LogP) is 2.22. The van der Waals surface area contributed by atoms with Gasteiger partial charge in [-0.05, 0) is 36.8 Å². The van der Waals surface area contributed by atoms with Crippen LogP contribution in [0.2, 0.25) is 0 Å². The molecule has 0 aliphatic rings. The Hall–Kier alpha value is -2.56. The standard InChI is InChI=1S/C16H20N4O/c1-11(12-5-4-8-18-10-12)19-16(21)14-9-13(17)6-7-15(14)20(2)3/h4-11H,17H2,1-3H3,(H,19,21). The number of nitrogen functional groups attached to an aromatic ring is 1. The second-order valence-electron chi connectivity index (χ2n) is 5.15. The van der Waals surface area contributed by atoms with E-state index in [-0.39, 0.29) is 11.9 Å². The van der Waals surface area contributed by atoms with Crippen molar-refractivity contribution in [2.24, 2.45) is 0 Å². The fraction of sp³-hybridized carbons (Fsp3) is 0.250. The predicted molar refractivity (Wildman–Crippen MR) is 85.3 cm³/mol. The summed E-state index contributed by atoms with van der Waals surface area (Å²) in [4.78, 5) is 18.5. The SMILES string of the molecule is CC(NC(=O)c1cc(N)ccc1N(C)C)c1cccnc1. The van der Waals surface area contributed by atoms with Gasteiger partial charge in [-0.3, -0.25) is 9.78 Å². The highest BCUT2D eigenvalue weighted by molar-refractivity contribution is 6.00. The highest BCUT2D eigenvalue weighted by Crippen LogP contribution is 2.22. The number of nitrogens with two attached hydrogens (primary N) is 1. The van der Waals surface area contributed by atoms with Gasteiger partial charge in [-0.2, -0.15) is 0 Å². The molecular formula is C16H20N4O. The lowest BCUT2D eigenvalue weighted by Crippen LogP contribution is -2.28. The van der Waals surface area contributed by atoms with E-state index in [0.29, 0.717) is 11.3 Å². The van der Waals surface area contributed by atoms with Gasteiger partial charge in [-0.1, -0.05) is 6.07 Å². The van der Waals surface area contributed by atoms with E-state index in [4.69, 9.17) is 5.73 Å². The van der Waals surface area contributed by atoms with E-state index in [2.05, 4.69) is 10.3 Å². The van der Waals surface area contributed by atoms with Crippen molar-refractivity contribution in [1.29, 1.82) is 0 Å². The van der Waals surface area contributed by atoms with Crippen molar-refractivity contribution in [1.82, 2.24) is 10.3 Å². The lowest BCUT2D eigenvalue weighted by atomic mass is 10.1. The van der Waals surface area contributed by atoms with Crippen molar-refractivity contribution in [3.8, 4) is 0 Å². The van der Waals surface area contributed by atoms with Crippen LogP contribution in [0.5, 0.6) is 0 Å². The maximum Gasteiger partial charge on any atom is 0.253 e. The number of hydrogen-bond donors (Lipinski definition) is 2. The first-order valence-corrected chi connectivity index (χ1v) is 6.76. The van der Waals surface area contributed by atoms with E-state index >= 15 is 0 Å². The number of carbonyl (C=O) groups is 1. The summed E-state index contributed by atoms with van der Waals surface area (Å²) < 4.78 is 0. The molecular weight excluding hydrogens is 264 g/mol. The monoisotopic (exact) mass is 284 g/mol. The molecule has 1 atom stereocenters. The Bertz CT molecular complexity index is 625. The summed E-state index contributed by atoms with van der Waals surface area (Å²) in [5.74, 6) is -0.151. The number of aromatic nitrogens is 1. The topological polar surface area (TPSA) is 71.2 Å². The second-order valence-corrected chi connectivity index (χ2v) is 5.15. The number of rotatable bonds is 4. The summed E-state index contributed by atoms with van der Waals surface area (Å²) in [5.41, 5.74) is 8.73. The third kappa shape index (κ3) is 3.51. The zero-order valence-corrected chi connectivity index (χ0v) is 12.5. The average Bonchev–Trinajstić information content (AvgIpc) is 2.47. The first kappa shape index (κ1) is 14.8. The van der Waals surface area contributed by atoms with E-state index < -0.39 is 0 Å². The van der Waals surface area contributed by atoms with Crippen LogP contribution in [0.25, 0.3) is 0 Å². The molecule has 5 nitrogen and oxygen atoms in total. The smallest absolute Gasteiger partial charge is 0.253 e. The normalized spacial score (nSPS) is 11.8. The molecule has 1 aromatic heterocycles. The number of pyridine rings is 1. The van der Waals surface area contributed by atoms with E-state index in [1.807, 2.05) is 44.1 Å². The van der Waals surface area contributed by atoms with Crippen LogP contribution >= 0.6 is 0 Å². The van der Waals surface area contributed by atoms with Crippen molar-refractivity contribution in [2.75, 3.05) is 24.7 Å². The minimum atomic E-state index is -0.151.